The molecule has 6 heterocycles. The molecule has 0 N–H and O–H groups in total. The van der Waals surface area contributed by atoms with Crippen LogP contribution in [0.4, 0.5) is 10.2 Å². The summed E-state index contributed by atoms with van der Waals surface area (Å²) in [5, 5.41) is 14.1. The van der Waals surface area contributed by atoms with Gasteiger partial charge < -0.3 is 19.4 Å². The zero-order valence-electron chi connectivity index (χ0n) is 26.3. The van der Waals surface area contributed by atoms with Crippen molar-refractivity contribution in [3.05, 3.63) is 71.2 Å². The van der Waals surface area contributed by atoms with Crippen molar-refractivity contribution in [1.29, 1.82) is 5.26 Å². The molecule has 0 bridgehead atoms. The van der Waals surface area contributed by atoms with Crippen LogP contribution in [0.25, 0.3) is 16.6 Å². The average Bonchev–Trinajstić information content (AvgIpc) is 3.48. The SMILES string of the molecule is CCOc1cc(-c2ccc(N3CCC(CC(=O)c4ncc(F)cc4Cl)(CN4CCN(CC)CC4)CC3)nc2)c2c(C#N)cnn2c1. The topological polar surface area (TPSA) is 103 Å². The molecule has 0 aromatic carbocycles. The third-order valence-electron chi connectivity index (χ3n) is 9.30. The van der Waals surface area contributed by atoms with Gasteiger partial charge in [-0.2, -0.15) is 10.4 Å². The van der Waals surface area contributed by atoms with Crippen LogP contribution in [-0.2, 0) is 0 Å². The Kier molecular flexibility index (Phi) is 9.49. The molecule has 0 amide bonds. The maximum Gasteiger partial charge on any atom is 0.183 e. The number of aromatic nitrogens is 4. The second-order valence-electron chi connectivity index (χ2n) is 12.2. The fraction of sp³-hybridized carbons (Fsp3) is 0.441. The molecule has 0 radical (unpaired) electrons. The van der Waals surface area contributed by atoms with Gasteiger partial charge in [-0.05, 0) is 56.0 Å². The zero-order chi connectivity index (χ0) is 32.3. The number of carbonyl (C=O) groups excluding carboxylic acids is 1. The van der Waals surface area contributed by atoms with Gasteiger partial charge >= 0.3 is 0 Å². The predicted molar refractivity (Wildman–Crippen MR) is 175 cm³/mol. The van der Waals surface area contributed by atoms with E-state index in [2.05, 4.69) is 37.8 Å². The van der Waals surface area contributed by atoms with Crippen molar-refractivity contribution in [3.63, 3.8) is 0 Å². The maximum absolute atomic E-state index is 13.7. The summed E-state index contributed by atoms with van der Waals surface area (Å²) in [5.41, 5.74) is 2.76. The molecule has 2 saturated heterocycles. The molecule has 2 fully saturated rings. The highest BCUT2D eigenvalue weighted by Gasteiger charge is 2.39. The Bertz CT molecular complexity index is 1740. The molecule has 12 heteroatoms. The predicted octanol–water partition coefficient (Wildman–Crippen LogP) is 5.35. The minimum absolute atomic E-state index is 0.0559. The molecule has 0 spiro atoms. The molecule has 4 aromatic heterocycles. The normalized spacial score (nSPS) is 17.2. The molecule has 0 aliphatic carbocycles. The number of nitrogens with zero attached hydrogens (tertiary/aromatic N) is 8. The number of piperidine rings is 1. The molecule has 46 heavy (non-hydrogen) atoms. The van der Waals surface area contributed by atoms with Crippen LogP contribution in [0.15, 0.2) is 49.1 Å². The summed E-state index contributed by atoms with van der Waals surface area (Å²) >= 11 is 6.26. The third kappa shape index (κ3) is 6.70. The van der Waals surface area contributed by atoms with Gasteiger partial charge in [-0.15, -0.1) is 0 Å². The van der Waals surface area contributed by atoms with E-state index < -0.39 is 5.82 Å². The van der Waals surface area contributed by atoms with E-state index in [1.165, 1.54) is 0 Å². The lowest BCUT2D eigenvalue weighted by atomic mass is 9.73. The molecular weight excluding hydrogens is 607 g/mol. The first-order chi connectivity index (χ1) is 22.3. The number of likely N-dealkylation sites (N-methyl/N-ethyl adjacent to an activating group) is 1. The first-order valence-corrected chi connectivity index (χ1v) is 16.2. The highest BCUT2D eigenvalue weighted by atomic mass is 35.5. The number of hydrogen-bond donors (Lipinski definition) is 0. The molecular formula is C34H38ClFN8O2. The summed E-state index contributed by atoms with van der Waals surface area (Å²) in [6, 6.07) is 9.34. The molecule has 0 atom stereocenters. The molecule has 2 aliphatic rings. The summed E-state index contributed by atoms with van der Waals surface area (Å²) in [6.07, 6.45) is 8.12. The zero-order valence-corrected chi connectivity index (χ0v) is 27.0. The van der Waals surface area contributed by atoms with E-state index >= 15 is 0 Å². The van der Waals surface area contributed by atoms with Gasteiger partial charge in [-0.1, -0.05) is 18.5 Å². The highest BCUT2D eigenvalue weighted by Crippen LogP contribution is 2.39. The number of fused-ring (bicyclic) bond motifs is 1. The van der Waals surface area contributed by atoms with E-state index in [9.17, 15) is 14.4 Å². The van der Waals surface area contributed by atoms with Crippen molar-refractivity contribution in [1.82, 2.24) is 29.4 Å². The van der Waals surface area contributed by atoms with Gasteiger partial charge in [0.1, 0.15) is 29.1 Å². The first kappa shape index (κ1) is 31.9. The van der Waals surface area contributed by atoms with Crippen LogP contribution in [0.3, 0.4) is 0 Å². The molecule has 0 unspecified atom stereocenters. The fourth-order valence-corrected chi connectivity index (χ4v) is 7.02. The number of piperazine rings is 1. The Labute approximate surface area is 273 Å². The van der Waals surface area contributed by atoms with Crippen LogP contribution in [0, 0.1) is 22.6 Å². The van der Waals surface area contributed by atoms with Crippen LogP contribution in [0.5, 0.6) is 5.75 Å². The van der Waals surface area contributed by atoms with Crippen molar-refractivity contribution >= 4 is 28.7 Å². The number of carbonyl (C=O) groups is 1. The second kappa shape index (κ2) is 13.7. The summed E-state index contributed by atoms with van der Waals surface area (Å²) in [4.78, 5) is 29.6. The van der Waals surface area contributed by atoms with Crippen molar-refractivity contribution in [2.24, 2.45) is 5.41 Å². The molecule has 2 aliphatic heterocycles. The summed E-state index contributed by atoms with van der Waals surface area (Å²) in [7, 11) is 0. The van der Waals surface area contributed by atoms with Crippen LogP contribution in [0.1, 0.15) is 49.2 Å². The summed E-state index contributed by atoms with van der Waals surface area (Å²) < 4.78 is 21.1. The van der Waals surface area contributed by atoms with E-state index in [4.69, 9.17) is 21.3 Å². The van der Waals surface area contributed by atoms with E-state index in [1.54, 1.807) is 16.9 Å². The van der Waals surface area contributed by atoms with Gasteiger partial charge in [-0.25, -0.2) is 18.9 Å². The van der Waals surface area contributed by atoms with Crippen LogP contribution < -0.4 is 9.64 Å². The monoisotopic (exact) mass is 644 g/mol. The smallest absolute Gasteiger partial charge is 0.183 e. The Morgan fingerprint density at radius 3 is 2.46 bits per heavy atom. The lowest BCUT2D eigenvalue weighted by Crippen LogP contribution is -2.52. The Morgan fingerprint density at radius 2 is 1.80 bits per heavy atom. The van der Waals surface area contributed by atoms with Crippen molar-refractivity contribution in [2.75, 3.05) is 63.9 Å². The summed E-state index contributed by atoms with van der Waals surface area (Å²) in [6.45, 7) is 11.9. The maximum atomic E-state index is 13.7. The quantitative estimate of drug-likeness (QED) is 0.211. The third-order valence-corrected chi connectivity index (χ3v) is 9.59. The molecule has 10 nitrogen and oxygen atoms in total. The molecule has 240 valence electrons. The van der Waals surface area contributed by atoms with E-state index in [0.717, 1.165) is 94.4 Å². The number of nitriles is 1. The van der Waals surface area contributed by atoms with Gasteiger partial charge in [0.2, 0.25) is 0 Å². The van der Waals surface area contributed by atoms with Gasteiger partial charge in [-0.3, -0.25) is 4.79 Å². The Balaban J connectivity index is 1.21. The second-order valence-corrected chi connectivity index (χ2v) is 12.6. The van der Waals surface area contributed by atoms with Gasteiger partial charge in [0, 0.05) is 69.6 Å². The Morgan fingerprint density at radius 1 is 1.04 bits per heavy atom. The minimum atomic E-state index is -0.556. The average molecular weight is 645 g/mol. The van der Waals surface area contributed by atoms with Gasteiger partial charge in [0.25, 0.3) is 0 Å². The number of ketones is 1. The van der Waals surface area contributed by atoms with E-state index in [-0.39, 0.29) is 21.9 Å². The van der Waals surface area contributed by atoms with E-state index in [0.29, 0.717) is 29.9 Å². The summed E-state index contributed by atoms with van der Waals surface area (Å²) in [5.74, 6) is 0.815. The number of halogens is 2. The molecule has 4 aromatic rings. The number of hydrogen-bond acceptors (Lipinski definition) is 9. The van der Waals surface area contributed by atoms with Gasteiger partial charge in [0.15, 0.2) is 5.78 Å². The number of rotatable bonds is 10. The fourth-order valence-electron chi connectivity index (χ4n) is 6.76. The van der Waals surface area contributed by atoms with Crippen molar-refractivity contribution < 1.29 is 13.9 Å². The minimum Gasteiger partial charge on any atom is -0.492 e. The van der Waals surface area contributed by atoms with Crippen LogP contribution >= 0.6 is 11.6 Å². The lowest BCUT2D eigenvalue weighted by Gasteiger charge is -2.46. The number of Topliss-reactive ketones (excluding diaryl/α,β-unsaturated/α-hetero) is 1. The standard InChI is InChI=1S/C34H38ClFN8O2/c1-3-41-11-13-42(14-12-41)23-34(17-30(45)32-29(35)15-26(36)21-39-32)7-9-43(10-8-34)31-6-5-24(19-38-31)28-16-27(46-4-2)22-44-33(28)25(18-37)20-40-44/h5-6,15-16,19-22H,3-4,7-14,17,23H2,1-2H3. The van der Waals surface area contributed by atoms with Crippen LogP contribution in [-0.4, -0.2) is 94.1 Å². The molecule has 6 rings (SSSR count). The number of anilines is 1. The lowest BCUT2D eigenvalue weighted by molar-refractivity contribution is 0.0587. The Hall–Kier alpha value is -4.11. The van der Waals surface area contributed by atoms with E-state index in [1.807, 2.05) is 31.3 Å². The number of pyridine rings is 3. The highest BCUT2D eigenvalue weighted by molar-refractivity contribution is 6.33. The van der Waals surface area contributed by atoms with Crippen molar-refractivity contribution in [3.8, 4) is 22.9 Å². The van der Waals surface area contributed by atoms with Crippen molar-refractivity contribution in [2.45, 2.75) is 33.1 Å². The largest absolute Gasteiger partial charge is 0.492 e. The first-order valence-electron chi connectivity index (χ1n) is 15.9. The van der Waals surface area contributed by atoms with Gasteiger partial charge in [0.05, 0.1) is 41.3 Å². The van der Waals surface area contributed by atoms with Crippen LogP contribution in [0.2, 0.25) is 5.02 Å². The molecule has 0 saturated carbocycles. The number of ether oxygens (including phenoxy) is 1.